The lowest BCUT2D eigenvalue weighted by atomic mass is 9.71. The summed E-state index contributed by atoms with van der Waals surface area (Å²) in [5.74, 6) is -1.17. The number of piperidine rings is 1. The molecule has 1 aliphatic heterocycles. The van der Waals surface area contributed by atoms with Crippen LogP contribution in [0.3, 0.4) is 0 Å². The van der Waals surface area contributed by atoms with Crippen LogP contribution in [0.15, 0.2) is 35.4 Å². The van der Waals surface area contributed by atoms with E-state index in [1.165, 1.54) is 4.90 Å². The van der Waals surface area contributed by atoms with E-state index in [0.717, 1.165) is 12.8 Å². The van der Waals surface area contributed by atoms with Crippen molar-refractivity contribution in [2.24, 2.45) is 5.41 Å². The number of benzene rings is 1. The lowest BCUT2D eigenvalue weighted by molar-refractivity contribution is -0.151. The second-order valence-corrected chi connectivity index (χ2v) is 7.14. The molecule has 5 heteroatoms. The van der Waals surface area contributed by atoms with Gasteiger partial charge in [-0.25, -0.2) is 0 Å². The van der Waals surface area contributed by atoms with Crippen LogP contribution in [-0.2, 0) is 9.59 Å². The molecule has 2 amide bonds. The summed E-state index contributed by atoms with van der Waals surface area (Å²) in [5.41, 5.74) is -0.0757. The summed E-state index contributed by atoms with van der Waals surface area (Å²) in [6.07, 6.45) is 1.88. The van der Waals surface area contributed by atoms with Crippen LogP contribution in [0.25, 0.3) is 0 Å². The highest BCUT2D eigenvalue weighted by molar-refractivity contribution is 6.28. The molecule has 1 aromatic rings. The summed E-state index contributed by atoms with van der Waals surface area (Å²) in [4.78, 5) is 52.1. The maximum Gasteiger partial charge on any atom is 0.239 e. The molecule has 5 nitrogen and oxygen atoms in total. The molecule has 2 aliphatic rings. The smallest absolute Gasteiger partial charge is 0.239 e. The third-order valence-corrected chi connectivity index (χ3v) is 5.09. The van der Waals surface area contributed by atoms with Crippen LogP contribution in [0.2, 0.25) is 0 Å². The van der Waals surface area contributed by atoms with Gasteiger partial charge in [-0.2, -0.15) is 0 Å². The number of carbonyl (C=O) groups excluding carboxylic acids is 4. The van der Waals surface area contributed by atoms with E-state index in [-0.39, 0.29) is 28.6 Å². The Labute approximate surface area is 146 Å². The molecule has 1 heterocycles. The molecule has 0 spiro atoms. The molecular weight excluding hydrogens is 318 g/mol. The highest BCUT2D eigenvalue weighted by Gasteiger charge is 2.45. The minimum atomic E-state index is -1.24. The number of allylic oxidation sites excluding steroid dienone is 1. The monoisotopic (exact) mass is 339 g/mol. The maximum atomic E-state index is 13.0. The zero-order valence-corrected chi connectivity index (χ0v) is 14.7. The predicted molar refractivity (Wildman–Crippen MR) is 92.2 cm³/mol. The number of nitrogens with zero attached hydrogens (tertiary/aromatic N) is 1. The van der Waals surface area contributed by atoms with E-state index in [4.69, 9.17) is 0 Å². The van der Waals surface area contributed by atoms with Gasteiger partial charge in [0.1, 0.15) is 0 Å². The summed E-state index contributed by atoms with van der Waals surface area (Å²) in [6, 6.07) is 6.64. The molecule has 25 heavy (non-hydrogen) atoms. The first-order chi connectivity index (χ1) is 11.8. The Balaban J connectivity index is 2.06. The Morgan fingerprint density at radius 2 is 1.60 bits per heavy atom. The molecule has 0 atom stereocenters. The quantitative estimate of drug-likeness (QED) is 0.830. The molecule has 1 saturated heterocycles. The number of hydrogen-bond acceptors (Lipinski definition) is 4. The standard InChI is InChI=1S/C20H21NO4/c1-12-16(18(24)14-9-5-4-8-13(14)17(12)23)20(2,3)19(25)21-11-7-6-10-15(21)22/h4-5,8-9H,6-7,10-11H2,1-3H3. The summed E-state index contributed by atoms with van der Waals surface area (Å²) in [7, 11) is 0. The average molecular weight is 339 g/mol. The molecular formula is C20H21NO4. The van der Waals surface area contributed by atoms with Crippen molar-refractivity contribution in [2.45, 2.75) is 40.0 Å². The molecule has 0 aromatic heterocycles. The second-order valence-electron chi connectivity index (χ2n) is 7.14. The van der Waals surface area contributed by atoms with Gasteiger partial charge >= 0.3 is 0 Å². The highest BCUT2D eigenvalue weighted by atomic mass is 16.2. The molecule has 0 N–H and O–H groups in total. The van der Waals surface area contributed by atoms with Crippen molar-refractivity contribution in [3.05, 3.63) is 46.5 Å². The number of Topliss-reactive ketones (excluding diaryl/α,β-unsaturated/α-hetero) is 2. The van der Waals surface area contributed by atoms with Gasteiger partial charge in [-0.3, -0.25) is 24.1 Å². The summed E-state index contributed by atoms with van der Waals surface area (Å²) >= 11 is 0. The topological polar surface area (TPSA) is 71.5 Å². The van der Waals surface area contributed by atoms with Crippen molar-refractivity contribution in [2.75, 3.05) is 6.54 Å². The molecule has 3 rings (SSSR count). The average Bonchev–Trinajstić information content (AvgIpc) is 2.59. The molecule has 1 aromatic carbocycles. The molecule has 0 bridgehead atoms. The Morgan fingerprint density at radius 3 is 2.20 bits per heavy atom. The van der Waals surface area contributed by atoms with E-state index in [9.17, 15) is 19.2 Å². The Bertz CT molecular complexity index is 832. The van der Waals surface area contributed by atoms with Crippen LogP contribution >= 0.6 is 0 Å². The Hall–Kier alpha value is -2.56. The van der Waals surface area contributed by atoms with Crippen molar-refractivity contribution in [1.82, 2.24) is 4.90 Å². The normalized spacial score (nSPS) is 18.5. The number of fused-ring (bicyclic) bond motifs is 1. The minimum Gasteiger partial charge on any atom is -0.289 e. The fraction of sp³-hybridized carbons (Fsp3) is 0.400. The molecule has 1 fully saturated rings. The highest BCUT2D eigenvalue weighted by Crippen LogP contribution is 2.39. The van der Waals surface area contributed by atoms with E-state index in [0.29, 0.717) is 24.1 Å². The van der Waals surface area contributed by atoms with Crippen molar-refractivity contribution in [3.63, 3.8) is 0 Å². The first-order valence-corrected chi connectivity index (χ1v) is 8.51. The lowest BCUT2D eigenvalue weighted by Crippen LogP contribution is -2.49. The van der Waals surface area contributed by atoms with Crippen LogP contribution in [0, 0.1) is 5.41 Å². The summed E-state index contributed by atoms with van der Waals surface area (Å²) in [5, 5.41) is 0. The number of likely N-dealkylation sites (tertiary alicyclic amines) is 1. The van der Waals surface area contributed by atoms with E-state index in [1.54, 1.807) is 45.0 Å². The molecule has 130 valence electrons. The number of imide groups is 1. The van der Waals surface area contributed by atoms with Gasteiger partial charge in [-0.05, 0) is 33.6 Å². The zero-order chi connectivity index (χ0) is 18.4. The van der Waals surface area contributed by atoms with Gasteiger partial charge in [0.2, 0.25) is 11.8 Å². The number of carbonyl (C=O) groups is 4. The predicted octanol–water partition coefficient (Wildman–Crippen LogP) is 2.95. The number of rotatable bonds is 2. The fourth-order valence-electron chi connectivity index (χ4n) is 3.72. The summed E-state index contributed by atoms with van der Waals surface area (Å²) in [6.45, 7) is 5.19. The number of ketones is 2. The second kappa shape index (κ2) is 6.06. The van der Waals surface area contributed by atoms with E-state index in [2.05, 4.69) is 0 Å². The van der Waals surface area contributed by atoms with Gasteiger partial charge in [-0.15, -0.1) is 0 Å². The largest absolute Gasteiger partial charge is 0.289 e. The molecule has 0 radical (unpaired) electrons. The third-order valence-electron chi connectivity index (χ3n) is 5.09. The van der Waals surface area contributed by atoms with Crippen LogP contribution in [0.1, 0.15) is 60.7 Å². The molecule has 1 aliphatic carbocycles. The van der Waals surface area contributed by atoms with Gasteiger partial charge in [0.05, 0.1) is 5.41 Å². The first kappa shape index (κ1) is 17.3. The van der Waals surface area contributed by atoms with Gasteiger partial charge in [0, 0.05) is 35.2 Å². The van der Waals surface area contributed by atoms with Gasteiger partial charge in [0.25, 0.3) is 0 Å². The van der Waals surface area contributed by atoms with Crippen molar-refractivity contribution in [1.29, 1.82) is 0 Å². The SMILES string of the molecule is CC1=C(C(C)(C)C(=O)N2CCCCC2=O)C(=O)c2ccccc2C1=O. The Morgan fingerprint density at radius 1 is 1.00 bits per heavy atom. The van der Waals surface area contributed by atoms with Crippen LogP contribution < -0.4 is 0 Å². The van der Waals surface area contributed by atoms with E-state index < -0.39 is 11.3 Å². The molecule has 0 saturated carbocycles. The van der Waals surface area contributed by atoms with E-state index in [1.807, 2.05) is 0 Å². The molecule has 0 unspecified atom stereocenters. The van der Waals surface area contributed by atoms with Crippen molar-refractivity contribution < 1.29 is 19.2 Å². The van der Waals surface area contributed by atoms with Gasteiger partial charge in [0.15, 0.2) is 11.6 Å². The van der Waals surface area contributed by atoms with Crippen LogP contribution in [0.4, 0.5) is 0 Å². The zero-order valence-electron chi connectivity index (χ0n) is 14.7. The first-order valence-electron chi connectivity index (χ1n) is 8.51. The van der Waals surface area contributed by atoms with Gasteiger partial charge < -0.3 is 0 Å². The van der Waals surface area contributed by atoms with Crippen molar-refractivity contribution >= 4 is 23.4 Å². The van der Waals surface area contributed by atoms with E-state index >= 15 is 0 Å². The van der Waals surface area contributed by atoms with Crippen LogP contribution in [-0.4, -0.2) is 34.8 Å². The van der Waals surface area contributed by atoms with Crippen molar-refractivity contribution in [3.8, 4) is 0 Å². The summed E-state index contributed by atoms with van der Waals surface area (Å²) < 4.78 is 0. The van der Waals surface area contributed by atoms with Gasteiger partial charge in [-0.1, -0.05) is 24.3 Å². The maximum absolute atomic E-state index is 13.0. The number of amides is 2. The fourth-order valence-corrected chi connectivity index (χ4v) is 3.72. The van der Waals surface area contributed by atoms with Crippen LogP contribution in [0.5, 0.6) is 0 Å². The third kappa shape index (κ3) is 2.64. The number of hydrogen-bond donors (Lipinski definition) is 0. The minimum absolute atomic E-state index is 0.194. The lowest BCUT2D eigenvalue weighted by Gasteiger charge is -2.36. The Kier molecular flexibility index (Phi) is 4.19.